The van der Waals surface area contributed by atoms with E-state index in [2.05, 4.69) is 0 Å². The largest absolute Gasteiger partial charge is 0.451 e. The number of aryl methyl sites for hydroxylation is 1. The molecule has 0 spiro atoms. The molecular formula is C15H13F3N2O4S. The average molecular weight is 374 g/mol. The van der Waals surface area contributed by atoms with E-state index in [-0.39, 0.29) is 11.4 Å². The van der Waals surface area contributed by atoms with Crippen molar-refractivity contribution < 1.29 is 27.5 Å². The average Bonchev–Trinajstić information content (AvgIpc) is 2.87. The van der Waals surface area contributed by atoms with Crippen molar-refractivity contribution in [3.05, 3.63) is 50.3 Å². The van der Waals surface area contributed by atoms with Crippen LogP contribution in [-0.2, 0) is 20.9 Å². The number of hydrogen-bond donors (Lipinski definition) is 1. The van der Waals surface area contributed by atoms with Gasteiger partial charge in [0.05, 0.1) is 5.69 Å². The van der Waals surface area contributed by atoms with Crippen molar-refractivity contribution in [1.29, 1.82) is 0 Å². The van der Waals surface area contributed by atoms with Crippen molar-refractivity contribution in [2.75, 3.05) is 5.32 Å². The van der Waals surface area contributed by atoms with Crippen LogP contribution in [0.3, 0.4) is 0 Å². The second-order valence-corrected chi connectivity index (χ2v) is 5.89. The van der Waals surface area contributed by atoms with Crippen LogP contribution in [-0.4, -0.2) is 22.5 Å². The SMILES string of the molecule is Cc1csc(=O)n1CC(=O)O[C@@H](C)C(=O)Nc1ccc(F)c(F)c1F. The fraction of sp³-hybridized carbons (Fsp3) is 0.267. The molecular weight excluding hydrogens is 361 g/mol. The van der Waals surface area contributed by atoms with Crippen LogP contribution in [0.25, 0.3) is 0 Å². The van der Waals surface area contributed by atoms with Gasteiger partial charge in [-0.3, -0.25) is 19.0 Å². The molecule has 0 radical (unpaired) electrons. The highest BCUT2D eigenvalue weighted by Gasteiger charge is 2.22. The molecule has 0 fully saturated rings. The molecule has 1 atom stereocenters. The molecule has 1 aromatic heterocycles. The van der Waals surface area contributed by atoms with E-state index in [0.717, 1.165) is 17.4 Å². The first-order valence-electron chi connectivity index (χ1n) is 6.99. The molecule has 1 amide bonds. The minimum atomic E-state index is -1.73. The van der Waals surface area contributed by atoms with E-state index >= 15 is 0 Å². The maximum absolute atomic E-state index is 13.5. The predicted molar refractivity (Wildman–Crippen MR) is 83.8 cm³/mol. The Morgan fingerprint density at radius 3 is 2.56 bits per heavy atom. The van der Waals surface area contributed by atoms with Gasteiger partial charge in [-0.25, -0.2) is 13.2 Å². The van der Waals surface area contributed by atoms with Gasteiger partial charge in [0.15, 0.2) is 23.6 Å². The summed E-state index contributed by atoms with van der Waals surface area (Å²) in [5, 5.41) is 3.57. The van der Waals surface area contributed by atoms with Gasteiger partial charge >= 0.3 is 10.8 Å². The predicted octanol–water partition coefficient (Wildman–Crippen LogP) is 2.21. The van der Waals surface area contributed by atoms with E-state index in [0.29, 0.717) is 11.8 Å². The summed E-state index contributed by atoms with van der Waals surface area (Å²) in [4.78, 5) is 34.9. The Morgan fingerprint density at radius 2 is 1.96 bits per heavy atom. The first-order valence-corrected chi connectivity index (χ1v) is 7.87. The number of nitrogens with one attached hydrogen (secondary N) is 1. The summed E-state index contributed by atoms with van der Waals surface area (Å²) >= 11 is 0.917. The molecule has 2 aromatic rings. The highest BCUT2D eigenvalue weighted by atomic mass is 32.1. The van der Waals surface area contributed by atoms with Gasteiger partial charge in [0.2, 0.25) is 0 Å². The third-order valence-corrected chi connectivity index (χ3v) is 4.12. The van der Waals surface area contributed by atoms with Gasteiger partial charge in [0.25, 0.3) is 5.91 Å². The van der Waals surface area contributed by atoms with Crippen LogP contribution >= 0.6 is 11.3 Å². The minimum Gasteiger partial charge on any atom is -0.451 e. The van der Waals surface area contributed by atoms with Crippen LogP contribution in [0, 0.1) is 24.4 Å². The summed E-state index contributed by atoms with van der Waals surface area (Å²) in [5.74, 6) is -6.47. The molecule has 0 saturated heterocycles. The van der Waals surface area contributed by atoms with Crippen molar-refractivity contribution in [3.63, 3.8) is 0 Å². The maximum atomic E-state index is 13.5. The molecule has 1 aromatic carbocycles. The van der Waals surface area contributed by atoms with Crippen LogP contribution in [0.2, 0.25) is 0 Å². The number of esters is 1. The van der Waals surface area contributed by atoms with E-state index in [4.69, 9.17) is 4.74 Å². The van der Waals surface area contributed by atoms with Crippen molar-refractivity contribution in [3.8, 4) is 0 Å². The number of nitrogens with zero attached hydrogens (tertiary/aromatic N) is 1. The number of thiazole rings is 1. The number of amides is 1. The number of carbonyl (C=O) groups excluding carboxylic acids is 2. The van der Waals surface area contributed by atoms with Crippen LogP contribution in [0.15, 0.2) is 22.3 Å². The lowest BCUT2D eigenvalue weighted by molar-refractivity contribution is -0.153. The summed E-state index contributed by atoms with van der Waals surface area (Å²) in [5.41, 5.74) is -0.0235. The molecule has 25 heavy (non-hydrogen) atoms. The highest BCUT2D eigenvalue weighted by Crippen LogP contribution is 2.19. The lowest BCUT2D eigenvalue weighted by atomic mass is 10.2. The fourth-order valence-corrected chi connectivity index (χ4v) is 2.60. The number of halogens is 3. The zero-order valence-corrected chi connectivity index (χ0v) is 14.0. The molecule has 1 N–H and O–H groups in total. The standard InChI is InChI=1S/C15H13F3N2O4S/c1-7-6-25-15(23)20(7)5-11(21)24-8(2)14(22)19-10-4-3-9(16)12(17)13(10)18/h3-4,6,8H,5H2,1-2H3,(H,19,22)/t8-/m0/s1. The van der Waals surface area contributed by atoms with Crippen LogP contribution < -0.4 is 10.2 Å². The highest BCUT2D eigenvalue weighted by molar-refractivity contribution is 7.07. The monoisotopic (exact) mass is 374 g/mol. The van der Waals surface area contributed by atoms with Gasteiger partial charge < -0.3 is 10.1 Å². The Bertz CT molecular complexity index is 878. The smallest absolute Gasteiger partial charge is 0.326 e. The van der Waals surface area contributed by atoms with Gasteiger partial charge in [0.1, 0.15) is 6.54 Å². The van der Waals surface area contributed by atoms with Gasteiger partial charge in [0, 0.05) is 11.1 Å². The molecule has 0 aliphatic rings. The summed E-state index contributed by atoms with van der Waals surface area (Å²) in [6, 6.07) is 1.49. The van der Waals surface area contributed by atoms with E-state index in [1.807, 2.05) is 5.32 Å². The molecule has 0 aliphatic heterocycles. The Morgan fingerprint density at radius 1 is 1.28 bits per heavy atom. The molecule has 2 rings (SSSR count). The molecule has 10 heteroatoms. The van der Waals surface area contributed by atoms with Gasteiger partial charge in [-0.15, -0.1) is 0 Å². The van der Waals surface area contributed by atoms with Crippen LogP contribution in [0.5, 0.6) is 0 Å². The zero-order chi connectivity index (χ0) is 18.7. The van der Waals surface area contributed by atoms with Crippen molar-refractivity contribution in [1.82, 2.24) is 4.57 Å². The zero-order valence-electron chi connectivity index (χ0n) is 13.1. The normalized spacial score (nSPS) is 11.9. The van der Waals surface area contributed by atoms with Gasteiger partial charge in [-0.05, 0) is 26.0 Å². The lowest BCUT2D eigenvalue weighted by Gasteiger charge is -2.14. The number of aromatic nitrogens is 1. The Kier molecular flexibility index (Phi) is 5.62. The second kappa shape index (κ2) is 7.51. The molecule has 6 nitrogen and oxygen atoms in total. The maximum Gasteiger partial charge on any atom is 0.326 e. The second-order valence-electron chi connectivity index (χ2n) is 5.07. The Hall–Kier alpha value is -2.62. The van der Waals surface area contributed by atoms with Gasteiger partial charge in [-0.2, -0.15) is 0 Å². The van der Waals surface area contributed by atoms with E-state index in [1.165, 1.54) is 11.5 Å². The first kappa shape index (κ1) is 18.7. The number of anilines is 1. The molecule has 0 saturated carbocycles. The fourth-order valence-electron chi connectivity index (χ4n) is 1.87. The molecule has 0 aliphatic carbocycles. The molecule has 0 bridgehead atoms. The minimum absolute atomic E-state index is 0.351. The third-order valence-electron chi connectivity index (χ3n) is 3.23. The summed E-state index contributed by atoms with van der Waals surface area (Å²) in [6.07, 6.45) is -1.34. The quantitative estimate of drug-likeness (QED) is 0.643. The third kappa shape index (κ3) is 4.27. The van der Waals surface area contributed by atoms with E-state index < -0.39 is 41.1 Å². The Labute approximate surface area is 143 Å². The number of carbonyl (C=O) groups is 2. The van der Waals surface area contributed by atoms with Crippen molar-refractivity contribution >= 4 is 28.9 Å². The summed E-state index contributed by atoms with van der Waals surface area (Å²) < 4.78 is 45.5. The van der Waals surface area contributed by atoms with E-state index in [9.17, 15) is 27.6 Å². The Balaban J connectivity index is 2.00. The van der Waals surface area contributed by atoms with Crippen molar-refractivity contribution in [2.24, 2.45) is 0 Å². The first-order chi connectivity index (χ1) is 11.7. The number of hydrogen-bond acceptors (Lipinski definition) is 5. The number of rotatable bonds is 5. The van der Waals surface area contributed by atoms with Crippen LogP contribution in [0.4, 0.5) is 18.9 Å². The molecule has 134 valence electrons. The van der Waals surface area contributed by atoms with E-state index in [1.54, 1.807) is 12.3 Å². The van der Waals surface area contributed by atoms with Crippen molar-refractivity contribution in [2.45, 2.75) is 26.5 Å². The van der Waals surface area contributed by atoms with Crippen LogP contribution in [0.1, 0.15) is 12.6 Å². The number of ether oxygens (including phenoxy) is 1. The topological polar surface area (TPSA) is 77.4 Å². The summed E-state index contributed by atoms with van der Waals surface area (Å²) in [6.45, 7) is 2.47. The molecule has 0 unspecified atom stereocenters. The number of benzene rings is 1. The molecule has 1 heterocycles. The van der Waals surface area contributed by atoms with Gasteiger partial charge in [-0.1, -0.05) is 11.3 Å². The summed E-state index contributed by atoms with van der Waals surface area (Å²) in [7, 11) is 0. The lowest BCUT2D eigenvalue weighted by Crippen LogP contribution is -2.32.